The molecule has 0 atom stereocenters. The van der Waals surface area contributed by atoms with Crippen molar-refractivity contribution in [3.8, 4) is 0 Å². The number of halogens is 1. The molecule has 0 aromatic carbocycles. The summed E-state index contributed by atoms with van der Waals surface area (Å²) >= 11 is 0. The molecular formula is C14H25ClN2O. The third-order valence-electron chi connectivity index (χ3n) is 4.70. The summed E-state index contributed by atoms with van der Waals surface area (Å²) in [5.41, 5.74) is 0. The highest BCUT2D eigenvalue weighted by atomic mass is 35.5. The van der Waals surface area contributed by atoms with Crippen LogP contribution in [0, 0.1) is 11.8 Å². The first-order valence-electron chi connectivity index (χ1n) is 7.28. The average Bonchev–Trinajstić information content (AvgIpc) is 3.03. The molecule has 3 nitrogen and oxygen atoms in total. The Morgan fingerprint density at radius 3 is 1.89 bits per heavy atom. The van der Waals surface area contributed by atoms with Crippen LogP contribution < -0.4 is 5.32 Å². The van der Waals surface area contributed by atoms with Crippen molar-refractivity contribution in [3.05, 3.63) is 0 Å². The van der Waals surface area contributed by atoms with Gasteiger partial charge in [0.25, 0.3) is 0 Å². The summed E-state index contributed by atoms with van der Waals surface area (Å²) < 4.78 is 0. The van der Waals surface area contributed by atoms with Crippen LogP contribution in [0.4, 0.5) is 0 Å². The third kappa shape index (κ3) is 2.83. The van der Waals surface area contributed by atoms with E-state index in [4.69, 9.17) is 0 Å². The van der Waals surface area contributed by atoms with Crippen LogP contribution in [0.2, 0.25) is 0 Å². The lowest BCUT2D eigenvalue weighted by atomic mass is 9.85. The zero-order valence-electron chi connectivity index (χ0n) is 11.2. The van der Waals surface area contributed by atoms with Crippen LogP contribution in [-0.4, -0.2) is 36.0 Å². The van der Waals surface area contributed by atoms with Crippen LogP contribution in [0.5, 0.6) is 0 Å². The van der Waals surface area contributed by atoms with Gasteiger partial charge in [-0.2, -0.15) is 0 Å². The van der Waals surface area contributed by atoms with E-state index >= 15 is 0 Å². The number of hydrogen-bond acceptors (Lipinski definition) is 2. The highest BCUT2D eigenvalue weighted by Crippen LogP contribution is 2.36. The summed E-state index contributed by atoms with van der Waals surface area (Å²) in [4.78, 5) is 14.8. The van der Waals surface area contributed by atoms with E-state index < -0.39 is 0 Å². The zero-order valence-corrected chi connectivity index (χ0v) is 12.0. The van der Waals surface area contributed by atoms with Crippen LogP contribution in [0.15, 0.2) is 0 Å². The summed E-state index contributed by atoms with van der Waals surface area (Å²) in [6, 6.07) is 1.16. The molecule has 0 spiro atoms. The predicted molar refractivity (Wildman–Crippen MR) is 74.9 cm³/mol. The van der Waals surface area contributed by atoms with Crippen molar-refractivity contribution in [3.63, 3.8) is 0 Å². The van der Waals surface area contributed by atoms with Crippen molar-refractivity contribution in [2.75, 3.05) is 13.1 Å². The van der Waals surface area contributed by atoms with Gasteiger partial charge in [0.15, 0.2) is 0 Å². The van der Waals surface area contributed by atoms with Gasteiger partial charge in [-0.3, -0.25) is 4.79 Å². The highest BCUT2D eigenvalue weighted by molar-refractivity contribution is 5.85. The molecule has 0 bridgehead atoms. The Morgan fingerprint density at radius 2 is 1.50 bits per heavy atom. The number of rotatable bonds is 3. The minimum Gasteiger partial charge on any atom is -0.336 e. The molecule has 1 aliphatic heterocycles. The summed E-state index contributed by atoms with van der Waals surface area (Å²) in [6.45, 7) is 4.16. The maximum absolute atomic E-state index is 12.5. The van der Waals surface area contributed by atoms with E-state index in [0.717, 1.165) is 19.0 Å². The monoisotopic (exact) mass is 272 g/mol. The van der Waals surface area contributed by atoms with Crippen LogP contribution in [0.25, 0.3) is 0 Å². The maximum Gasteiger partial charge on any atom is 0.228 e. The van der Waals surface area contributed by atoms with Gasteiger partial charge in [0.05, 0.1) is 5.92 Å². The van der Waals surface area contributed by atoms with Crippen molar-refractivity contribution in [1.29, 1.82) is 0 Å². The number of carbonyl (C=O) groups excluding carboxylic acids is 1. The Hall–Kier alpha value is -0.280. The van der Waals surface area contributed by atoms with Gasteiger partial charge in [0, 0.05) is 25.2 Å². The third-order valence-corrected chi connectivity index (χ3v) is 4.70. The fourth-order valence-electron chi connectivity index (χ4n) is 3.21. The lowest BCUT2D eigenvalue weighted by molar-refractivity contribution is -0.141. The topological polar surface area (TPSA) is 32.3 Å². The summed E-state index contributed by atoms with van der Waals surface area (Å²) in [6.07, 6.45) is 7.59. The van der Waals surface area contributed by atoms with Crippen LogP contribution in [0.1, 0.15) is 45.4 Å². The van der Waals surface area contributed by atoms with Gasteiger partial charge in [-0.25, -0.2) is 0 Å². The summed E-state index contributed by atoms with van der Waals surface area (Å²) in [7, 11) is 0. The number of carbonyl (C=O) groups is 1. The van der Waals surface area contributed by atoms with Gasteiger partial charge < -0.3 is 10.2 Å². The lowest BCUT2D eigenvalue weighted by Crippen LogP contribution is -2.55. The molecule has 18 heavy (non-hydrogen) atoms. The van der Waals surface area contributed by atoms with E-state index in [0.29, 0.717) is 18.0 Å². The molecule has 0 unspecified atom stereocenters. The molecule has 1 heterocycles. The first kappa shape index (κ1) is 14.1. The van der Waals surface area contributed by atoms with E-state index in [2.05, 4.69) is 17.1 Å². The molecule has 4 heteroatoms. The van der Waals surface area contributed by atoms with Crippen molar-refractivity contribution in [2.45, 2.75) is 57.5 Å². The minimum absolute atomic E-state index is 0. The Kier molecular flexibility index (Phi) is 4.54. The molecule has 1 N–H and O–H groups in total. The Labute approximate surface area is 116 Å². The molecule has 0 aromatic heterocycles. The molecule has 0 radical (unpaired) electrons. The molecule has 0 aromatic rings. The van der Waals surface area contributed by atoms with Crippen molar-refractivity contribution < 1.29 is 4.79 Å². The molecule has 2 aliphatic carbocycles. The molecule has 3 fully saturated rings. The molecule has 1 amide bonds. The number of nitrogens with zero attached hydrogens (tertiary/aromatic N) is 1. The molecule has 3 aliphatic rings. The molecule has 2 saturated carbocycles. The molecule has 104 valence electrons. The number of amides is 1. The summed E-state index contributed by atoms with van der Waals surface area (Å²) in [5.74, 6) is 1.61. The SMILES string of the molecule is CC1CCC(N(C(=O)C2CNC2)C2CC2)CC1.Cl. The summed E-state index contributed by atoms with van der Waals surface area (Å²) in [5, 5.41) is 3.22. The minimum atomic E-state index is 0. The van der Waals surface area contributed by atoms with Crippen molar-refractivity contribution in [1.82, 2.24) is 10.2 Å². The number of nitrogens with one attached hydrogen (secondary N) is 1. The molecule has 3 rings (SSSR count). The van der Waals surface area contributed by atoms with Gasteiger partial charge in [-0.15, -0.1) is 12.4 Å². The van der Waals surface area contributed by atoms with Crippen LogP contribution in [0.3, 0.4) is 0 Å². The fraction of sp³-hybridized carbons (Fsp3) is 0.929. The Bertz CT molecular complexity index is 294. The van der Waals surface area contributed by atoms with Crippen LogP contribution in [-0.2, 0) is 4.79 Å². The second kappa shape index (κ2) is 5.79. The highest BCUT2D eigenvalue weighted by Gasteiger charge is 2.41. The fourth-order valence-corrected chi connectivity index (χ4v) is 3.21. The predicted octanol–water partition coefficient (Wildman–Crippen LogP) is 2.20. The van der Waals surface area contributed by atoms with E-state index in [1.54, 1.807) is 0 Å². The smallest absolute Gasteiger partial charge is 0.228 e. The Morgan fingerprint density at radius 1 is 1.00 bits per heavy atom. The van der Waals surface area contributed by atoms with Gasteiger partial charge in [-0.05, 0) is 44.4 Å². The van der Waals surface area contributed by atoms with E-state index in [1.807, 2.05) is 0 Å². The van der Waals surface area contributed by atoms with Crippen LogP contribution >= 0.6 is 12.4 Å². The lowest BCUT2D eigenvalue weighted by Gasteiger charge is -2.40. The molecule has 1 saturated heterocycles. The van der Waals surface area contributed by atoms with Gasteiger partial charge in [0.1, 0.15) is 0 Å². The second-order valence-corrected chi connectivity index (χ2v) is 6.25. The standard InChI is InChI=1S/C14H24N2O.ClH/c1-10-2-4-12(5-3-10)16(13-6-7-13)14(17)11-8-15-9-11;/h10-13,15H,2-9H2,1H3;1H. The van der Waals surface area contributed by atoms with Gasteiger partial charge in [-0.1, -0.05) is 6.92 Å². The quantitative estimate of drug-likeness (QED) is 0.854. The average molecular weight is 273 g/mol. The molecular weight excluding hydrogens is 248 g/mol. The van der Waals surface area contributed by atoms with Crippen molar-refractivity contribution >= 4 is 18.3 Å². The largest absolute Gasteiger partial charge is 0.336 e. The first-order valence-corrected chi connectivity index (χ1v) is 7.28. The zero-order chi connectivity index (χ0) is 11.8. The maximum atomic E-state index is 12.5. The Balaban J connectivity index is 0.00000120. The van der Waals surface area contributed by atoms with E-state index in [9.17, 15) is 4.79 Å². The number of hydrogen-bond donors (Lipinski definition) is 1. The first-order chi connectivity index (χ1) is 8.25. The normalized spacial score (nSPS) is 32.3. The van der Waals surface area contributed by atoms with Gasteiger partial charge in [0.2, 0.25) is 5.91 Å². The van der Waals surface area contributed by atoms with E-state index in [-0.39, 0.29) is 18.3 Å². The van der Waals surface area contributed by atoms with E-state index in [1.165, 1.54) is 38.5 Å². The van der Waals surface area contributed by atoms with Crippen molar-refractivity contribution in [2.24, 2.45) is 11.8 Å². The van der Waals surface area contributed by atoms with Gasteiger partial charge >= 0.3 is 0 Å². The second-order valence-electron chi connectivity index (χ2n) is 6.25.